The number of aromatic nitrogens is 2. The minimum atomic E-state index is -4.40. The number of carbonyl (C=O) groups excluding carboxylic acids is 1. The molecule has 0 bridgehead atoms. The quantitative estimate of drug-likeness (QED) is 0.758. The molecule has 84 valence electrons. The first-order valence-corrected chi connectivity index (χ1v) is 3.80. The summed E-state index contributed by atoms with van der Waals surface area (Å²) < 4.78 is 43.8. The lowest BCUT2D eigenvalue weighted by atomic mass is 10.4. The van der Waals surface area contributed by atoms with Gasteiger partial charge in [-0.15, -0.1) is 5.10 Å². The molecular formula is C7H7F3N2O3. The fraction of sp³-hybridized carbons (Fsp3) is 0.429. The minimum absolute atomic E-state index is 0.0914. The highest BCUT2D eigenvalue weighted by molar-refractivity contribution is 5.37. The minimum Gasteiger partial charge on any atom is -0.467 e. The summed E-state index contributed by atoms with van der Waals surface area (Å²) in [5.74, 6) is -0.197. The van der Waals surface area contributed by atoms with Gasteiger partial charge in [-0.2, -0.15) is 13.2 Å². The number of nitrogens with one attached hydrogen (secondary N) is 1. The number of nitrogens with zero attached hydrogens (tertiary/aromatic N) is 1. The van der Waals surface area contributed by atoms with Gasteiger partial charge in [0.25, 0.3) is 6.47 Å². The molecule has 0 unspecified atom stereocenters. The maximum Gasteiger partial charge on any atom is 0.422 e. The first-order valence-electron chi connectivity index (χ1n) is 3.80. The van der Waals surface area contributed by atoms with Crippen LogP contribution in [0.5, 0.6) is 5.88 Å². The summed E-state index contributed by atoms with van der Waals surface area (Å²) >= 11 is 0. The molecule has 0 aliphatic rings. The van der Waals surface area contributed by atoms with Gasteiger partial charge in [0.1, 0.15) is 6.61 Å². The number of alkyl halides is 3. The second-order valence-corrected chi connectivity index (χ2v) is 2.54. The molecule has 0 amide bonds. The molecule has 0 spiro atoms. The molecule has 0 atom stereocenters. The van der Waals surface area contributed by atoms with Crippen LogP contribution in [-0.2, 0) is 16.1 Å². The summed E-state index contributed by atoms with van der Waals surface area (Å²) in [5, 5.41) is 5.78. The molecule has 1 rings (SSSR count). The fourth-order valence-electron chi connectivity index (χ4n) is 0.768. The van der Waals surface area contributed by atoms with E-state index in [9.17, 15) is 18.0 Å². The van der Waals surface area contributed by atoms with Crippen molar-refractivity contribution >= 4 is 6.47 Å². The van der Waals surface area contributed by atoms with Gasteiger partial charge in [0.15, 0.2) is 6.61 Å². The lowest BCUT2D eigenvalue weighted by molar-refractivity contribution is -0.154. The molecule has 5 nitrogen and oxygen atoms in total. The molecule has 0 aliphatic heterocycles. The Bertz CT molecular complexity index is 324. The molecule has 0 radical (unpaired) electrons. The van der Waals surface area contributed by atoms with Crippen LogP contribution < -0.4 is 4.74 Å². The van der Waals surface area contributed by atoms with Crippen LogP contribution in [0.1, 0.15) is 5.69 Å². The molecule has 0 saturated heterocycles. The average Bonchev–Trinajstić information content (AvgIpc) is 2.58. The van der Waals surface area contributed by atoms with Gasteiger partial charge in [-0.05, 0) is 0 Å². The molecule has 0 fully saturated rings. The van der Waals surface area contributed by atoms with Crippen molar-refractivity contribution in [3.05, 3.63) is 11.8 Å². The van der Waals surface area contributed by atoms with Gasteiger partial charge in [0.2, 0.25) is 5.88 Å². The topological polar surface area (TPSA) is 64.2 Å². The zero-order chi connectivity index (χ0) is 11.3. The van der Waals surface area contributed by atoms with Crippen molar-refractivity contribution in [2.45, 2.75) is 12.8 Å². The van der Waals surface area contributed by atoms with Crippen LogP contribution in [-0.4, -0.2) is 29.5 Å². The zero-order valence-electron chi connectivity index (χ0n) is 7.37. The van der Waals surface area contributed by atoms with Crippen molar-refractivity contribution < 1.29 is 27.4 Å². The van der Waals surface area contributed by atoms with Gasteiger partial charge in [-0.3, -0.25) is 9.89 Å². The van der Waals surface area contributed by atoms with Crippen LogP contribution >= 0.6 is 0 Å². The van der Waals surface area contributed by atoms with Crippen molar-refractivity contribution in [1.82, 2.24) is 10.2 Å². The van der Waals surface area contributed by atoms with Crippen molar-refractivity contribution in [3.8, 4) is 5.88 Å². The molecule has 15 heavy (non-hydrogen) atoms. The Kier molecular flexibility index (Phi) is 3.53. The molecule has 8 heteroatoms. The maximum absolute atomic E-state index is 11.7. The first kappa shape index (κ1) is 11.3. The van der Waals surface area contributed by atoms with Crippen molar-refractivity contribution in [1.29, 1.82) is 0 Å². The van der Waals surface area contributed by atoms with Crippen LogP contribution in [0, 0.1) is 0 Å². The molecule has 1 aromatic heterocycles. The molecule has 0 aromatic carbocycles. The number of carbonyl (C=O) groups is 1. The molecule has 1 aromatic rings. The lowest BCUT2D eigenvalue weighted by Gasteiger charge is -2.05. The largest absolute Gasteiger partial charge is 0.467 e. The predicted molar refractivity (Wildman–Crippen MR) is 41.0 cm³/mol. The summed E-state index contributed by atoms with van der Waals surface area (Å²) in [6, 6.07) is 1.22. The second kappa shape index (κ2) is 4.67. The van der Waals surface area contributed by atoms with Gasteiger partial charge in [-0.1, -0.05) is 0 Å². The number of hydrogen-bond donors (Lipinski definition) is 1. The van der Waals surface area contributed by atoms with Gasteiger partial charge in [-0.25, -0.2) is 0 Å². The van der Waals surface area contributed by atoms with Crippen molar-refractivity contribution in [3.63, 3.8) is 0 Å². The monoisotopic (exact) mass is 224 g/mol. The Hall–Kier alpha value is -1.73. The lowest BCUT2D eigenvalue weighted by Crippen LogP contribution is -2.19. The first-order chi connectivity index (χ1) is 7.01. The van der Waals surface area contributed by atoms with E-state index in [1.807, 2.05) is 0 Å². The molecule has 0 aliphatic carbocycles. The van der Waals surface area contributed by atoms with E-state index in [0.717, 1.165) is 0 Å². The van der Waals surface area contributed by atoms with E-state index in [4.69, 9.17) is 0 Å². The molecule has 1 N–H and O–H groups in total. The SMILES string of the molecule is O=COCc1cc(OCC(F)(F)F)n[nH]1. The third-order valence-electron chi connectivity index (χ3n) is 1.30. The molecule has 0 saturated carbocycles. The average molecular weight is 224 g/mol. The number of ether oxygens (including phenoxy) is 2. The number of H-pyrrole nitrogens is 1. The van der Waals surface area contributed by atoms with Crippen LogP contribution in [0.25, 0.3) is 0 Å². The Balaban J connectivity index is 2.42. The summed E-state index contributed by atoms with van der Waals surface area (Å²) in [4.78, 5) is 9.81. The van der Waals surface area contributed by atoms with Crippen molar-refractivity contribution in [2.24, 2.45) is 0 Å². The van der Waals surface area contributed by atoms with E-state index in [-0.39, 0.29) is 19.0 Å². The number of hydrogen-bond acceptors (Lipinski definition) is 4. The van der Waals surface area contributed by atoms with Crippen LogP contribution in [0.15, 0.2) is 6.07 Å². The standard InChI is InChI=1S/C7H7F3N2O3/c8-7(9,10)3-15-6-1-5(11-12-6)2-14-4-13/h1,4H,2-3H2,(H,11,12). The summed E-state index contributed by atoms with van der Waals surface area (Å²) in [6.45, 7) is -1.28. The highest BCUT2D eigenvalue weighted by Crippen LogP contribution is 2.17. The van der Waals surface area contributed by atoms with E-state index in [1.54, 1.807) is 0 Å². The van der Waals surface area contributed by atoms with E-state index in [0.29, 0.717) is 5.69 Å². The Labute approximate surface area is 82.2 Å². The molecule has 1 heterocycles. The fourth-order valence-corrected chi connectivity index (χ4v) is 0.768. The van der Waals surface area contributed by atoms with E-state index in [1.165, 1.54) is 6.07 Å². The van der Waals surface area contributed by atoms with E-state index < -0.39 is 12.8 Å². The van der Waals surface area contributed by atoms with Gasteiger partial charge in [0, 0.05) is 6.07 Å². The van der Waals surface area contributed by atoms with Gasteiger partial charge < -0.3 is 9.47 Å². The third kappa shape index (κ3) is 4.34. The molecular weight excluding hydrogens is 217 g/mol. The normalized spacial score (nSPS) is 11.1. The Morgan fingerprint density at radius 1 is 1.53 bits per heavy atom. The highest BCUT2D eigenvalue weighted by Gasteiger charge is 2.28. The smallest absolute Gasteiger partial charge is 0.422 e. The maximum atomic E-state index is 11.7. The third-order valence-corrected chi connectivity index (χ3v) is 1.30. The summed E-state index contributed by atoms with van der Waals surface area (Å²) in [5.41, 5.74) is 0.347. The van der Waals surface area contributed by atoms with E-state index in [2.05, 4.69) is 19.7 Å². The van der Waals surface area contributed by atoms with Gasteiger partial charge in [0.05, 0.1) is 5.69 Å². The number of rotatable bonds is 5. The van der Waals surface area contributed by atoms with Crippen LogP contribution in [0.2, 0.25) is 0 Å². The van der Waals surface area contributed by atoms with Crippen molar-refractivity contribution in [2.75, 3.05) is 6.61 Å². The number of halogens is 3. The van der Waals surface area contributed by atoms with E-state index >= 15 is 0 Å². The Morgan fingerprint density at radius 3 is 2.87 bits per heavy atom. The summed E-state index contributed by atoms with van der Waals surface area (Å²) in [7, 11) is 0. The second-order valence-electron chi connectivity index (χ2n) is 2.54. The number of aromatic amines is 1. The highest BCUT2D eigenvalue weighted by atomic mass is 19.4. The van der Waals surface area contributed by atoms with Gasteiger partial charge >= 0.3 is 6.18 Å². The van der Waals surface area contributed by atoms with Crippen LogP contribution in [0.4, 0.5) is 13.2 Å². The summed E-state index contributed by atoms with van der Waals surface area (Å²) in [6.07, 6.45) is -4.40. The zero-order valence-corrected chi connectivity index (χ0v) is 7.37. The predicted octanol–water partition coefficient (Wildman–Crippen LogP) is 1.02. The van der Waals surface area contributed by atoms with Crippen LogP contribution in [0.3, 0.4) is 0 Å². The Morgan fingerprint density at radius 2 is 2.27 bits per heavy atom.